The first-order chi connectivity index (χ1) is 10.5. The third-order valence-electron chi connectivity index (χ3n) is 4.35. The predicted molar refractivity (Wildman–Crippen MR) is 93.5 cm³/mol. The van der Waals surface area contributed by atoms with Gasteiger partial charge in [0.05, 0.1) is 0 Å². The summed E-state index contributed by atoms with van der Waals surface area (Å²) in [4.78, 5) is 16.7. The van der Waals surface area contributed by atoms with E-state index in [2.05, 4.69) is 45.0 Å². The van der Waals surface area contributed by atoms with Gasteiger partial charge in [-0.15, -0.1) is 11.3 Å². The van der Waals surface area contributed by atoms with Crippen molar-refractivity contribution in [3.63, 3.8) is 0 Å². The van der Waals surface area contributed by atoms with Crippen LogP contribution in [0.1, 0.15) is 22.4 Å². The van der Waals surface area contributed by atoms with Crippen molar-refractivity contribution in [1.29, 1.82) is 0 Å². The van der Waals surface area contributed by atoms with Gasteiger partial charge in [0.2, 0.25) is 5.91 Å². The van der Waals surface area contributed by atoms with Crippen molar-refractivity contribution >= 4 is 22.9 Å². The highest BCUT2D eigenvalue weighted by Gasteiger charge is 2.29. The molecular weight excluding hydrogens is 292 g/mol. The van der Waals surface area contributed by atoms with Crippen LogP contribution in [-0.2, 0) is 4.79 Å². The van der Waals surface area contributed by atoms with Gasteiger partial charge in [-0.2, -0.15) is 0 Å². The number of rotatable bonds is 3. The number of hydrogen-bond acceptors (Lipinski definition) is 3. The van der Waals surface area contributed by atoms with Crippen LogP contribution in [0.4, 0.5) is 5.69 Å². The van der Waals surface area contributed by atoms with Gasteiger partial charge in [-0.25, -0.2) is 0 Å². The monoisotopic (exact) mass is 314 g/mol. The standard InChI is InChI=1S/C18H22N2OS/c1-11-7-15(20-10-14(9-19)8-17(20)21)4-5-16(11)18-12(2)6-13(3)22-18/h4-7,14H,8-10,19H2,1-3H3. The van der Waals surface area contributed by atoms with E-state index in [1.807, 2.05) is 16.2 Å². The lowest BCUT2D eigenvalue weighted by Gasteiger charge is -2.18. The fourth-order valence-electron chi connectivity index (χ4n) is 3.17. The fraction of sp³-hybridized carbons (Fsp3) is 0.389. The fourth-order valence-corrected chi connectivity index (χ4v) is 4.28. The van der Waals surface area contributed by atoms with Crippen molar-refractivity contribution in [2.45, 2.75) is 27.2 Å². The first-order valence-corrected chi connectivity index (χ1v) is 8.49. The maximum Gasteiger partial charge on any atom is 0.227 e. The van der Waals surface area contributed by atoms with E-state index in [-0.39, 0.29) is 11.8 Å². The number of thiophene rings is 1. The summed E-state index contributed by atoms with van der Waals surface area (Å²) in [5.41, 5.74) is 10.5. The summed E-state index contributed by atoms with van der Waals surface area (Å²) < 4.78 is 0. The molecule has 2 aromatic rings. The minimum atomic E-state index is 0.186. The average Bonchev–Trinajstić information content (AvgIpc) is 3.01. The zero-order valence-electron chi connectivity index (χ0n) is 13.3. The summed E-state index contributed by atoms with van der Waals surface area (Å²) in [6.45, 7) is 7.73. The second-order valence-electron chi connectivity index (χ2n) is 6.18. The Kier molecular flexibility index (Phi) is 4.06. The molecule has 1 atom stereocenters. The number of anilines is 1. The first-order valence-electron chi connectivity index (χ1n) is 7.68. The molecule has 1 aliphatic rings. The normalized spacial score (nSPS) is 18.3. The molecule has 2 heterocycles. The summed E-state index contributed by atoms with van der Waals surface area (Å²) in [5.74, 6) is 0.473. The lowest BCUT2D eigenvalue weighted by atomic mass is 10.0. The van der Waals surface area contributed by atoms with Gasteiger partial charge in [0.1, 0.15) is 0 Å². The summed E-state index contributed by atoms with van der Waals surface area (Å²) in [6, 6.07) is 8.56. The maximum absolute atomic E-state index is 12.1. The molecule has 1 amide bonds. The Labute approximate surface area is 135 Å². The molecule has 3 rings (SSSR count). The molecule has 1 saturated heterocycles. The van der Waals surface area contributed by atoms with Gasteiger partial charge >= 0.3 is 0 Å². The Bertz CT molecular complexity index is 720. The second kappa shape index (κ2) is 5.86. The van der Waals surface area contributed by atoms with E-state index in [0.717, 1.165) is 12.2 Å². The van der Waals surface area contributed by atoms with Crippen LogP contribution >= 0.6 is 11.3 Å². The van der Waals surface area contributed by atoms with E-state index < -0.39 is 0 Å². The maximum atomic E-state index is 12.1. The molecule has 0 bridgehead atoms. The molecule has 0 saturated carbocycles. The van der Waals surface area contributed by atoms with Crippen LogP contribution in [0.15, 0.2) is 24.3 Å². The quantitative estimate of drug-likeness (QED) is 0.940. The molecule has 1 unspecified atom stereocenters. The number of hydrogen-bond donors (Lipinski definition) is 1. The van der Waals surface area contributed by atoms with Crippen LogP contribution in [0.2, 0.25) is 0 Å². The van der Waals surface area contributed by atoms with Crippen molar-refractivity contribution < 1.29 is 4.79 Å². The SMILES string of the molecule is Cc1cc(C)c(-c2ccc(N3CC(CN)CC3=O)cc2C)s1. The summed E-state index contributed by atoms with van der Waals surface area (Å²) in [5, 5.41) is 0. The minimum Gasteiger partial charge on any atom is -0.330 e. The number of carbonyl (C=O) groups excluding carboxylic acids is 1. The van der Waals surface area contributed by atoms with E-state index in [9.17, 15) is 4.79 Å². The first kappa shape index (κ1) is 15.3. The number of nitrogens with zero attached hydrogens (tertiary/aromatic N) is 1. The summed E-state index contributed by atoms with van der Waals surface area (Å²) in [6.07, 6.45) is 0.570. The van der Waals surface area contributed by atoms with Crippen molar-refractivity contribution in [2.24, 2.45) is 11.7 Å². The molecular formula is C18H22N2OS. The molecule has 1 fully saturated rings. The van der Waals surface area contributed by atoms with Crippen molar-refractivity contribution in [3.05, 3.63) is 40.3 Å². The van der Waals surface area contributed by atoms with Gasteiger partial charge in [0, 0.05) is 28.4 Å². The van der Waals surface area contributed by atoms with Crippen molar-refractivity contribution in [2.75, 3.05) is 18.0 Å². The highest BCUT2D eigenvalue weighted by molar-refractivity contribution is 7.15. The van der Waals surface area contributed by atoms with Crippen LogP contribution in [-0.4, -0.2) is 19.0 Å². The zero-order valence-corrected chi connectivity index (χ0v) is 14.2. The lowest BCUT2D eigenvalue weighted by molar-refractivity contribution is -0.117. The third kappa shape index (κ3) is 2.69. The van der Waals surface area contributed by atoms with Crippen LogP contribution < -0.4 is 10.6 Å². The molecule has 116 valence electrons. The topological polar surface area (TPSA) is 46.3 Å². The lowest BCUT2D eigenvalue weighted by Crippen LogP contribution is -2.25. The summed E-state index contributed by atoms with van der Waals surface area (Å²) in [7, 11) is 0. The number of nitrogens with two attached hydrogens (primary N) is 1. The molecule has 2 N–H and O–H groups in total. The molecule has 0 aliphatic carbocycles. The van der Waals surface area contributed by atoms with E-state index in [4.69, 9.17) is 5.73 Å². The molecule has 1 aromatic carbocycles. The predicted octanol–water partition coefficient (Wildman–Crippen LogP) is 3.65. The molecule has 3 nitrogen and oxygen atoms in total. The Morgan fingerprint density at radius 2 is 2.00 bits per heavy atom. The Morgan fingerprint density at radius 3 is 2.55 bits per heavy atom. The van der Waals surface area contributed by atoms with E-state index >= 15 is 0 Å². The highest BCUT2D eigenvalue weighted by atomic mass is 32.1. The van der Waals surface area contributed by atoms with Crippen molar-refractivity contribution in [1.82, 2.24) is 0 Å². The van der Waals surface area contributed by atoms with Crippen LogP contribution in [0.3, 0.4) is 0 Å². The van der Waals surface area contributed by atoms with Crippen LogP contribution in [0.25, 0.3) is 10.4 Å². The van der Waals surface area contributed by atoms with Gasteiger partial charge in [-0.05, 0) is 68.1 Å². The van der Waals surface area contributed by atoms with Crippen molar-refractivity contribution in [3.8, 4) is 10.4 Å². The Hall–Kier alpha value is -1.65. The van der Waals surface area contributed by atoms with Gasteiger partial charge in [0.25, 0.3) is 0 Å². The number of amides is 1. The van der Waals surface area contributed by atoms with Gasteiger partial charge < -0.3 is 10.6 Å². The Balaban J connectivity index is 1.93. The highest BCUT2D eigenvalue weighted by Crippen LogP contribution is 2.36. The van der Waals surface area contributed by atoms with Gasteiger partial charge in [0.15, 0.2) is 0 Å². The molecule has 0 spiro atoms. The minimum absolute atomic E-state index is 0.186. The van der Waals surface area contributed by atoms with Crippen LogP contribution in [0, 0.1) is 26.7 Å². The smallest absolute Gasteiger partial charge is 0.227 e. The third-order valence-corrected chi connectivity index (χ3v) is 5.53. The number of carbonyl (C=O) groups is 1. The number of aryl methyl sites for hydroxylation is 3. The van der Waals surface area contributed by atoms with E-state index in [1.54, 1.807) is 0 Å². The molecule has 1 aliphatic heterocycles. The van der Waals surface area contributed by atoms with Gasteiger partial charge in [-0.3, -0.25) is 4.79 Å². The number of benzene rings is 1. The average molecular weight is 314 g/mol. The molecule has 1 aromatic heterocycles. The largest absolute Gasteiger partial charge is 0.330 e. The molecule has 0 radical (unpaired) electrons. The molecule has 4 heteroatoms. The zero-order chi connectivity index (χ0) is 15.9. The van der Waals surface area contributed by atoms with E-state index in [0.29, 0.717) is 13.0 Å². The second-order valence-corrected chi connectivity index (χ2v) is 7.43. The summed E-state index contributed by atoms with van der Waals surface area (Å²) >= 11 is 1.83. The van der Waals surface area contributed by atoms with Gasteiger partial charge in [-0.1, -0.05) is 6.07 Å². The van der Waals surface area contributed by atoms with Crippen LogP contribution in [0.5, 0.6) is 0 Å². The van der Waals surface area contributed by atoms with E-state index in [1.165, 1.54) is 26.4 Å². The molecule has 22 heavy (non-hydrogen) atoms. The Morgan fingerprint density at radius 1 is 1.23 bits per heavy atom.